The Morgan fingerprint density at radius 3 is 2.68 bits per heavy atom. The molecule has 2 aromatic rings. The minimum atomic E-state index is -0.775. The summed E-state index contributed by atoms with van der Waals surface area (Å²) in [7, 11) is 3.05. The predicted molar refractivity (Wildman–Crippen MR) is 109 cm³/mol. The molecule has 0 fully saturated rings. The lowest BCUT2D eigenvalue weighted by Gasteiger charge is -2.29. The number of rotatable bonds is 6. The molecule has 9 nitrogen and oxygen atoms in total. The second kappa shape index (κ2) is 8.47. The average Bonchev–Trinajstić information content (AvgIpc) is 3.24. The SMILES string of the molecule is COc1ccc(OC)c([C@@H]2NC(=O)NC(C)=C2C(=O)OCc2ccc3c(c2)OCO3)c1. The molecule has 9 heteroatoms. The van der Waals surface area contributed by atoms with E-state index in [9.17, 15) is 9.59 Å². The number of amides is 2. The van der Waals surface area contributed by atoms with E-state index in [1.165, 1.54) is 14.2 Å². The fraction of sp³-hybridized carbons (Fsp3) is 0.273. The third kappa shape index (κ3) is 4.07. The van der Waals surface area contributed by atoms with Gasteiger partial charge in [0.15, 0.2) is 11.5 Å². The van der Waals surface area contributed by atoms with Crippen LogP contribution in [0.3, 0.4) is 0 Å². The summed E-state index contributed by atoms with van der Waals surface area (Å²) in [5, 5.41) is 5.40. The summed E-state index contributed by atoms with van der Waals surface area (Å²) < 4.78 is 26.9. The Morgan fingerprint density at radius 1 is 1.10 bits per heavy atom. The van der Waals surface area contributed by atoms with E-state index >= 15 is 0 Å². The maximum absolute atomic E-state index is 13.1. The standard InChI is InChI=1S/C22H22N2O7/c1-12-19(21(25)29-10-13-4-6-17-18(8-13)31-11-30-17)20(24-22(26)23-12)15-9-14(27-2)5-7-16(15)28-3/h4-9,20H,10-11H2,1-3H3,(H2,23,24,26)/t20-/m0/s1. The number of hydrogen-bond acceptors (Lipinski definition) is 7. The molecule has 4 rings (SSSR count). The molecular weight excluding hydrogens is 404 g/mol. The zero-order valence-corrected chi connectivity index (χ0v) is 17.3. The van der Waals surface area contributed by atoms with Crippen LogP contribution in [0.15, 0.2) is 47.7 Å². The van der Waals surface area contributed by atoms with Gasteiger partial charge in [-0.15, -0.1) is 0 Å². The van der Waals surface area contributed by atoms with Gasteiger partial charge in [0.2, 0.25) is 6.79 Å². The number of allylic oxidation sites excluding steroid dienone is 1. The molecule has 2 aliphatic heterocycles. The lowest BCUT2D eigenvalue weighted by molar-refractivity contribution is -0.140. The van der Waals surface area contributed by atoms with E-state index in [0.29, 0.717) is 34.3 Å². The highest BCUT2D eigenvalue weighted by molar-refractivity contribution is 5.95. The van der Waals surface area contributed by atoms with Crippen LogP contribution in [0.1, 0.15) is 24.1 Å². The van der Waals surface area contributed by atoms with Crippen LogP contribution in [0.25, 0.3) is 0 Å². The Balaban J connectivity index is 1.60. The first-order valence-electron chi connectivity index (χ1n) is 9.56. The molecular formula is C22H22N2O7. The Kier molecular flexibility index (Phi) is 5.57. The highest BCUT2D eigenvalue weighted by Crippen LogP contribution is 2.36. The number of methoxy groups -OCH3 is 2. The van der Waals surface area contributed by atoms with E-state index in [1.54, 1.807) is 43.3 Å². The Labute approximate surface area is 178 Å². The smallest absolute Gasteiger partial charge is 0.338 e. The largest absolute Gasteiger partial charge is 0.497 e. The van der Waals surface area contributed by atoms with Crippen molar-refractivity contribution in [1.82, 2.24) is 10.6 Å². The molecule has 0 spiro atoms. The summed E-state index contributed by atoms with van der Waals surface area (Å²) >= 11 is 0. The second-order valence-corrected chi connectivity index (χ2v) is 6.94. The number of benzene rings is 2. The minimum absolute atomic E-state index is 0.0299. The van der Waals surface area contributed by atoms with Gasteiger partial charge in [0, 0.05) is 11.3 Å². The van der Waals surface area contributed by atoms with Crippen molar-refractivity contribution < 1.29 is 33.3 Å². The number of hydrogen-bond donors (Lipinski definition) is 2. The highest BCUT2D eigenvalue weighted by Gasteiger charge is 2.34. The molecule has 0 aliphatic carbocycles. The van der Waals surface area contributed by atoms with Crippen molar-refractivity contribution in [3.63, 3.8) is 0 Å². The summed E-state index contributed by atoms with van der Waals surface area (Å²) in [5.74, 6) is 1.75. The third-order valence-corrected chi connectivity index (χ3v) is 5.04. The minimum Gasteiger partial charge on any atom is -0.497 e. The van der Waals surface area contributed by atoms with Crippen LogP contribution in [-0.4, -0.2) is 33.0 Å². The molecule has 2 aliphatic rings. The van der Waals surface area contributed by atoms with Gasteiger partial charge in [-0.3, -0.25) is 0 Å². The maximum Gasteiger partial charge on any atom is 0.338 e. The number of carbonyl (C=O) groups excluding carboxylic acids is 2. The lowest BCUT2D eigenvalue weighted by Crippen LogP contribution is -2.45. The van der Waals surface area contributed by atoms with E-state index in [0.717, 1.165) is 5.56 Å². The zero-order chi connectivity index (χ0) is 22.0. The summed E-state index contributed by atoms with van der Waals surface area (Å²) in [6.07, 6.45) is 0. The van der Waals surface area contributed by atoms with Crippen LogP contribution in [0.2, 0.25) is 0 Å². The van der Waals surface area contributed by atoms with Crippen molar-refractivity contribution in [1.29, 1.82) is 0 Å². The number of carbonyl (C=O) groups is 2. The van der Waals surface area contributed by atoms with Crippen molar-refractivity contribution in [3.8, 4) is 23.0 Å². The van der Waals surface area contributed by atoms with Gasteiger partial charge in [-0.25, -0.2) is 9.59 Å². The van der Waals surface area contributed by atoms with Gasteiger partial charge in [-0.2, -0.15) is 0 Å². The van der Waals surface area contributed by atoms with Crippen LogP contribution in [0.5, 0.6) is 23.0 Å². The number of urea groups is 1. The first-order chi connectivity index (χ1) is 15.0. The summed E-state index contributed by atoms with van der Waals surface area (Å²) in [4.78, 5) is 25.2. The van der Waals surface area contributed by atoms with E-state index < -0.39 is 18.0 Å². The summed E-state index contributed by atoms with van der Waals surface area (Å²) in [6, 6.07) is 9.29. The molecule has 0 aromatic heterocycles. The topological polar surface area (TPSA) is 104 Å². The van der Waals surface area contributed by atoms with E-state index in [2.05, 4.69) is 10.6 Å². The fourth-order valence-corrected chi connectivity index (χ4v) is 3.52. The zero-order valence-electron chi connectivity index (χ0n) is 17.3. The van der Waals surface area contributed by atoms with E-state index in [-0.39, 0.29) is 19.0 Å². The Hall–Kier alpha value is -3.88. The Morgan fingerprint density at radius 2 is 1.90 bits per heavy atom. The molecule has 1 atom stereocenters. The van der Waals surface area contributed by atoms with Crippen molar-refractivity contribution >= 4 is 12.0 Å². The van der Waals surface area contributed by atoms with Crippen LogP contribution in [0, 0.1) is 0 Å². The molecule has 2 heterocycles. The van der Waals surface area contributed by atoms with Gasteiger partial charge < -0.3 is 34.3 Å². The van der Waals surface area contributed by atoms with Gasteiger partial charge in [0.1, 0.15) is 18.1 Å². The van der Waals surface area contributed by atoms with Crippen LogP contribution < -0.4 is 29.6 Å². The first-order valence-corrected chi connectivity index (χ1v) is 9.56. The van der Waals surface area contributed by atoms with Gasteiger partial charge in [-0.05, 0) is 42.8 Å². The van der Waals surface area contributed by atoms with Gasteiger partial charge >= 0.3 is 12.0 Å². The van der Waals surface area contributed by atoms with Crippen molar-refractivity contribution in [2.24, 2.45) is 0 Å². The molecule has 2 N–H and O–H groups in total. The highest BCUT2D eigenvalue weighted by atomic mass is 16.7. The first kappa shape index (κ1) is 20.4. The molecule has 0 bridgehead atoms. The van der Waals surface area contributed by atoms with Gasteiger partial charge in [0.05, 0.1) is 25.8 Å². The van der Waals surface area contributed by atoms with Crippen molar-refractivity contribution in [2.75, 3.05) is 21.0 Å². The monoisotopic (exact) mass is 426 g/mol. The molecule has 0 saturated carbocycles. The quantitative estimate of drug-likeness (QED) is 0.685. The van der Waals surface area contributed by atoms with Crippen LogP contribution in [-0.2, 0) is 16.1 Å². The van der Waals surface area contributed by atoms with Crippen LogP contribution in [0.4, 0.5) is 4.79 Å². The van der Waals surface area contributed by atoms with Crippen LogP contribution >= 0.6 is 0 Å². The lowest BCUT2D eigenvalue weighted by atomic mass is 9.94. The fourth-order valence-electron chi connectivity index (χ4n) is 3.52. The molecule has 2 amide bonds. The third-order valence-electron chi connectivity index (χ3n) is 5.04. The molecule has 0 unspecified atom stereocenters. The molecule has 162 valence electrons. The molecule has 2 aromatic carbocycles. The van der Waals surface area contributed by atoms with Crippen molar-refractivity contribution in [2.45, 2.75) is 19.6 Å². The van der Waals surface area contributed by atoms with Gasteiger partial charge in [0.25, 0.3) is 0 Å². The van der Waals surface area contributed by atoms with E-state index in [1.807, 2.05) is 0 Å². The van der Waals surface area contributed by atoms with Crippen molar-refractivity contribution in [3.05, 3.63) is 58.8 Å². The maximum atomic E-state index is 13.1. The number of ether oxygens (including phenoxy) is 5. The number of nitrogens with one attached hydrogen (secondary N) is 2. The second-order valence-electron chi connectivity index (χ2n) is 6.94. The normalized spacial score (nSPS) is 17.0. The average molecular weight is 426 g/mol. The summed E-state index contributed by atoms with van der Waals surface area (Å²) in [5.41, 5.74) is 1.99. The van der Waals surface area contributed by atoms with E-state index in [4.69, 9.17) is 23.7 Å². The number of fused-ring (bicyclic) bond motifs is 1. The predicted octanol–water partition coefficient (Wildman–Crippen LogP) is 2.80. The summed E-state index contributed by atoms with van der Waals surface area (Å²) in [6.45, 7) is 1.85. The molecule has 0 radical (unpaired) electrons. The molecule has 0 saturated heterocycles. The number of esters is 1. The molecule has 31 heavy (non-hydrogen) atoms. The Bertz CT molecular complexity index is 1060. The van der Waals surface area contributed by atoms with Gasteiger partial charge in [-0.1, -0.05) is 6.07 Å².